The number of hydrogen-bond donors (Lipinski definition) is 3. The highest BCUT2D eigenvalue weighted by atomic mass is 19.1. The molecule has 0 atom stereocenters. The highest BCUT2D eigenvalue weighted by Crippen LogP contribution is 2.20. The van der Waals surface area contributed by atoms with Gasteiger partial charge in [0.15, 0.2) is 0 Å². The number of anilines is 2. The minimum atomic E-state index is -0.793. The van der Waals surface area contributed by atoms with Gasteiger partial charge in [0, 0.05) is 0 Å². The maximum absolute atomic E-state index is 12.6. The van der Waals surface area contributed by atoms with Crippen LogP contribution in [-0.2, 0) is 0 Å². The molecule has 1 aromatic carbocycles. The number of carbonyl (C=O) groups excluding carboxylic acids is 1. The van der Waals surface area contributed by atoms with E-state index in [2.05, 4.69) is 0 Å². The molecular weight excluding hydrogens is 161 g/mol. The lowest BCUT2D eigenvalue weighted by Gasteiger charge is -2.04. The van der Waals surface area contributed by atoms with E-state index in [-0.39, 0.29) is 16.9 Å². The number of hydrogen-bond acceptors (Lipinski definition) is 3. The van der Waals surface area contributed by atoms with E-state index in [1.165, 1.54) is 0 Å². The molecule has 0 aliphatic heterocycles. The topological polar surface area (TPSA) is 95.1 Å². The van der Waals surface area contributed by atoms with E-state index in [1.807, 2.05) is 0 Å². The first-order valence-electron chi connectivity index (χ1n) is 3.16. The zero-order valence-corrected chi connectivity index (χ0v) is 6.17. The van der Waals surface area contributed by atoms with Crippen LogP contribution in [0.5, 0.6) is 0 Å². The van der Waals surface area contributed by atoms with Gasteiger partial charge in [0.05, 0.1) is 16.9 Å². The van der Waals surface area contributed by atoms with Crippen LogP contribution in [0.15, 0.2) is 12.1 Å². The fraction of sp³-hybridized carbons (Fsp3) is 0. The van der Waals surface area contributed by atoms with Crippen LogP contribution in [0.25, 0.3) is 0 Å². The second kappa shape index (κ2) is 2.69. The van der Waals surface area contributed by atoms with E-state index in [0.717, 1.165) is 12.1 Å². The summed E-state index contributed by atoms with van der Waals surface area (Å²) in [6.45, 7) is 0. The third-order valence-electron chi connectivity index (χ3n) is 1.44. The number of nitrogen functional groups attached to an aromatic ring is 2. The molecule has 0 unspecified atom stereocenters. The van der Waals surface area contributed by atoms with Gasteiger partial charge < -0.3 is 17.2 Å². The molecule has 4 nitrogen and oxygen atoms in total. The van der Waals surface area contributed by atoms with Crippen LogP contribution in [0.3, 0.4) is 0 Å². The summed E-state index contributed by atoms with van der Waals surface area (Å²) >= 11 is 0. The first-order chi connectivity index (χ1) is 5.52. The maximum atomic E-state index is 12.6. The third-order valence-corrected chi connectivity index (χ3v) is 1.44. The Balaban J connectivity index is 3.37. The van der Waals surface area contributed by atoms with Crippen molar-refractivity contribution >= 4 is 17.3 Å². The second-order valence-electron chi connectivity index (χ2n) is 2.32. The van der Waals surface area contributed by atoms with E-state index >= 15 is 0 Å². The normalized spacial score (nSPS) is 9.75. The zero-order chi connectivity index (χ0) is 9.30. The van der Waals surface area contributed by atoms with E-state index in [0.29, 0.717) is 0 Å². The fourth-order valence-electron chi connectivity index (χ4n) is 0.843. The Hall–Kier alpha value is -1.78. The summed E-state index contributed by atoms with van der Waals surface area (Å²) < 4.78 is 12.6. The first kappa shape index (κ1) is 8.32. The Morgan fingerprint density at radius 2 is 1.92 bits per heavy atom. The Labute approximate surface area is 68.1 Å². The SMILES string of the molecule is NC(=O)c1cc(F)cc(N)c1N. The molecule has 1 aromatic rings. The van der Waals surface area contributed by atoms with Gasteiger partial charge in [-0.25, -0.2) is 4.39 Å². The number of amides is 1. The molecule has 64 valence electrons. The van der Waals surface area contributed by atoms with Crippen LogP contribution >= 0.6 is 0 Å². The van der Waals surface area contributed by atoms with E-state index < -0.39 is 11.7 Å². The van der Waals surface area contributed by atoms with Gasteiger partial charge in [0.1, 0.15) is 5.82 Å². The largest absolute Gasteiger partial charge is 0.397 e. The fourth-order valence-corrected chi connectivity index (χ4v) is 0.843. The maximum Gasteiger partial charge on any atom is 0.250 e. The Morgan fingerprint density at radius 1 is 1.33 bits per heavy atom. The van der Waals surface area contributed by atoms with Crippen molar-refractivity contribution in [2.75, 3.05) is 11.5 Å². The average Bonchev–Trinajstić information content (AvgIpc) is 1.96. The minimum Gasteiger partial charge on any atom is -0.397 e. The van der Waals surface area contributed by atoms with Crippen molar-refractivity contribution in [3.63, 3.8) is 0 Å². The summed E-state index contributed by atoms with van der Waals surface area (Å²) in [5, 5.41) is 0. The minimum absolute atomic E-state index is 0.0174. The van der Waals surface area contributed by atoms with Crippen LogP contribution < -0.4 is 17.2 Å². The third kappa shape index (κ3) is 1.29. The van der Waals surface area contributed by atoms with Crippen molar-refractivity contribution in [1.29, 1.82) is 0 Å². The van der Waals surface area contributed by atoms with Gasteiger partial charge >= 0.3 is 0 Å². The smallest absolute Gasteiger partial charge is 0.250 e. The molecule has 12 heavy (non-hydrogen) atoms. The van der Waals surface area contributed by atoms with Crippen molar-refractivity contribution in [2.45, 2.75) is 0 Å². The molecule has 0 saturated heterocycles. The summed E-state index contributed by atoms with van der Waals surface area (Å²) in [6, 6.07) is 1.98. The molecule has 0 heterocycles. The molecule has 0 spiro atoms. The summed E-state index contributed by atoms with van der Waals surface area (Å²) in [5.74, 6) is -1.42. The van der Waals surface area contributed by atoms with Crippen LogP contribution in [-0.4, -0.2) is 5.91 Å². The molecule has 1 rings (SSSR count). The molecule has 0 fully saturated rings. The number of rotatable bonds is 1. The van der Waals surface area contributed by atoms with E-state index in [4.69, 9.17) is 17.2 Å². The van der Waals surface area contributed by atoms with Gasteiger partial charge in [-0.1, -0.05) is 0 Å². The van der Waals surface area contributed by atoms with Crippen molar-refractivity contribution in [3.8, 4) is 0 Å². The zero-order valence-electron chi connectivity index (χ0n) is 6.17. The number of carbonyl (C=O) groups is 1. The van der Waals surface area contributed by atoms with Crippen LogP contribution in [0.1, 0.15) is 10.4 Å². The summed E-state index contributed by atoms with van der Waals surface area (Å²) in [6.07, 6.45) is 0. The molecule has 5 heteroatoms. The van der Waals surface area contributed by atoms with Gasteiger partial charge in [-0.15, -0.1) is 0 Å². The Morgan fingerprint density at radius 3 is 2.42 bits per heavy atom. The van der Waals surface area contributed by atoms with E-state index in [9.17, 15) is 9.18 Å². The number of benzene rings is 1. The highest BCUT2D eigenvalue weighted by molar-refractivity contribution is 6.00. The van der Waals surface area contributed by atoms with Crippen LogP contribution in [0.4, 0.5) is 15.8 Å². The molecule has 0 aliphatic carbocycles. The summed E-state index contributed by atoms with van der Waals surface area (Å²) in [5.41, 5.74) is 15.5. The Bertz CT molecular complexity index is 338. The molecule has 0 aromatic heterocycles. The number of primary amides is 1. The predicted molar refractivity (Wildman–Crippen MR) is 43.7 cm³/mol. The summed E-state index contributed by atoms with van der Waals surface area (Å²) in [7, 11) is 0. The first-order valence-corrected chi connectivity index (χ1v) is 3.16. The monoisotopic (exact) mass is 169 g/mol. The number of halogens is 1. The van der Waals surface area contributed by atoms with Gasteiger partial charge in [0.25, 0.3) is 5.91 Å². The highest BCUT2D eigenvalue weighted by Gasteiger charge is 2.09. The van der Waals surface area contributed by atoms with Crippen molar-refractivity contribution in [3.05, 3.63) is 23.5 Å². The lowest BCUT2D eigenvalue weighted by molar-refractivity contribution is 0.100. The van der Waals surface area contributed by atoms with Crippen molar-refractivity contribution in [2.24, 2.45) is 5.73 Å². The Kier molecular flexibility index (Phi) is 1.86. The van der Waals surface area contributed by atoms with Gasteiger partial charge in [-0.2, -0.15) is 0 Å². The lowest BCUT2D eigenvalue weighted by Crippen LogP contribution is -2.15. The molecule has 0 aliphatic rings. The molecule has 0 bridgehead atoms. The molecule has 1 amide bonds. The number of nitrogens with two attached hydrogens (primary N) is 3. The molecule has 6 N–H and O–H groups in total. The second-order valence-corrected chi connectivity index (χ2v) is 2.32. The standard InChI is InChI=1S/C7H8FN3O/c8-3-1-4(7(11)12)6(10)5(9)2-3/h1-2H,9-10H2,(H2,11,12). The molecule has 0 saturated carbocycles. The van der Waals surface area contributed by atoms with Crippen LogP contribution in [0, 0.1) is 5.82 Å². The van der Waals surface area contributed by atoms with Gasteiger partial charge in [0.2, 0.25) is 0 Å². The van der Waals surface area contributed by atoms with Crippen molar-refractivity contribution in [1.82, 2.24) is 0 Å². The van der Waals surface area contributed by atoms with Gasteiger partial charge in [-0.3, -0.25) is 4.79 Å². The molecule has 0 radical (unpaired) electrons. The van der Waals surface area contributed by atoms with Gasteiger partial charge in [-0.05, 0) is 12.1 Å². The predicted octanol–water partition coefficient (Wildman–Crippen LogP) is 0.0890. The van der Waals surface area contributed by atoms with E-state index in [1.54, 1.807) is 0 Å². The average molecular weight is 169 g/mol. The lowest BCUT2D eigenvalue weighted by atomic mass is 10.1. The quantitative estimate of drug-likeness (QED) is 0.520. The summed E-state index contributed by atoms with van der Waals surface area (Å²) in [4.78, 5) is 10.6. The molecular formula is C7H8FN3O. The van der Waals surface area contributed by atoms with Crippen LogP contribution in [0.2, 0.25) is 0 Å². The van der Waals surface area contributed by atoms with Crippen molar-refractivity contribution < 1.29 is 9.18 Å².